The highest BCUT2D eigenvalue weighted by molar-refractivity contribution is 6.08. The molecule has 3 rings (SSSR count). The van der Waals surface area contributed by atoms with E-state index in [1.54, 1.807) is 36.5 Å². The van der Waals surface area contributed by atoms with Crippen molar-refractivity contribution in [2.24, 2.45) is 0 Å². The molecule has 2 N–H and O–H groups in total. The largest absolute Gasteiger partial charge is 0.346 e. The molecule has 2 heterocycles. The molecule has 0 unspecified atom stereocenters. The van der Waals surface area contributed by atoms with E-state index >= 15 is 0 Å². The van der Waals surface area contributed by atoms with Gasteiger partial charge in [-0.2, -0.15) is 0 Å². The van der Waals surface area contributed by atoms with E-state index in [1.165, 1.54) is 22.6 Å². The van der Waals surface area contributed by atoms with Crippen molar-refractivity contribution in [3.63, 3.8) is 0 Å². The van der Waals surface area contributed by atoms with Gasteiger partial charge in [0.15, 0.2) is 5.69 Å². The maximum atomic E-state index is 13.3. The van der Waals surface area contributed by atoms with E-state index in [0.29, 0.717) is 11.2 Å². The topological polar surface area (TPSA) is 75.5 Å². The summed E-state index contributed by atoms with van der Waals surface area (Å²) in [6, 6.07) is 10.7. The second-order valence-corrected chi connectivity index (χ2v) is 5.20. The molecule has 2 amide bonds. The molecule has 0 aliphatic rings. The van der Waals surface area contributed by atoms with Gasteiger partial charge in [0.1, 0.15) is 5.82 Å². The number of nitrogens with one attached hydrogen (secondary N) is 2. The summed E-state index contributed by atoms with van der Waals surface area (Å²) in [7, 11) is 0. The third-order valence-corrected chi connectivity index (χ3v) is 3.46. The third kappa shape index (κ3) is 3.40. The molecular formula is C18H15FN4O2. The third-order valence-electron chi connectivity index (χ3n) is 3.46. The molecule has 0 radical (unpaired) electrons. The van der Waals surface area contributed by atoms with Crippen LogP contribution in [0.2, 0.25) is 0 Å². The van der Waals surface area contributed by atoms with E-state index < -0.39 is 17.6 Å². The molecule has 0 bridgehead atoms. The Labute approximate surface area is 143 Å². The maximum Gasteiger partial charge on any atom is 0.287 e. The summed E-state index contributed by atoms with van der Waals surface area (Å²) in [6.45, 7) is 3.82. The van der Waals surface area contributed by atoms with Crippen molar-refractivity contribution >= 4 is 23.0 Å². The Kier molecular flexibility index (Phi) is 4.56. The number of carbonyl (C=O) groups is 2. The molecule has 1 aromatic carbocycles. The Morgan fingerprint density at radius 3 is 2.80 bits per heavy atom. The highest BCUT2D eigenvalue weighted by Crippen LogP contribution is 2.16. The Hall–Kier alpha value is -3.48. The van der Waals surface area contributed by atoms with Gasteiger partial charge in [0.2, 0.25) is 5.82 Å². The second-order valence-electron chi connectivity index (χ2n) is 5.20. The Balaban J connectivity index is 1.97. The zero-order chi connectivity index (χ0) is 17.8. The zero-order valence-electron chi connectivity index (χ0n) is 13.2. The zero-order valence-corrected chi connectivity index (χ0v) is 13.2. The highest BCUT2D eigenvalue weighted by Gasteiger charge is 2.21. The van der Waals surface area contributed by atoms with Gasteiger partial charge in [-0.05, 0) is 30.3 Å². The minimum absolute atomic E-state index is 0.0774. The molecule has 7 heteroatoms. The lowest BCUT2D eigenvalue weighted by Crippen LogP contribution is -2.25. The molecule has 2 aromatic heterocycles. The van der Waals surface area contributed by atoms with Crippen LogP contribution in [0, 0.1) is 5.82 Å². The van der Waals surface area contributed by atoms with Crippen LogP contribution in [0.1, 0.15) is 21.1 Å². The van der Waals surface area contributed by atoms with Crippen molar-refractivity contribution in [3.8, 4) is 0 Å². The Bertz CT molecular complexity index is 965. The van der Waals surface area contributed by atoms with E-state index in [9.17, 15) is 14.0 Å². The van der Waals surface area contributed by atoms with Gasteiger partial charge in [-0.1, -0.05) is 18.2 Å². The first kappa shape index (κ1) is 16.4. The van der Waals surface area contributed by atoms with Crippen LogP contribution in [-0.4, -0.2) is 27.7 Å². The number of carbonyl (C=O) groups excluding carboxylic acids is 2. The van der Waals surface area contributed by atoms with E-state index in [2.05, 4.69) is 22.2 Å². The number of amides is 2. The fourth-order valence-corrected chi connectivity index (χ4v) is 2.37. The van der Waals surface area contributed by atoms with Gasteiger partial charge in [0.25, 0.3) is 11.8 Å². The van der Waals surface area contributed by atoms with Gasteiger partial charge >= 0.3 is 0 Å². The summed E-state index contributed by atoms with van der Waals surface area (Å²) >= 11 is 0. The molecule has 25 heavy (non-hydrogen) atoms. The summed E-state index contributed by atoms with van der Waals surface area (Å²) in [5.41, 5.74) is 0.855. The Morgan fingerprint density at radius 2 is 2.04 bits per heavy atom. The minimum Gasteiger partial charge on any atom is -0.346 e. The molecule has 0 saturated carbocycles. The van der Waals surface area contributed by atoms with E-state index in [0.717, 1.165) is 0 Å². The number of anilines is 1. The lowest BCUT2D eigenvalue weighted by Gasteiger charge is -2.03. The summed E-state index contributed by atoms with van der Waals surface area (Å²) < 4.78 is 14.8. The Morgan fingerprint density at radius 1 is 1.20 bits per heavy atom. The molecule has 0 aliphatic carbocycles. The SMILES string of the molecule is C=CCNC(=O)c1nc(C(=O)Nc2cccc(F)c2)c2ccccn12. The van der Waals surface area contributed by atoms with Crippen molar-refractivity contribution in [2.75, 3.05) is 11.9 Å². The summed E-state index contributed by atoms with van der Waals surface area (Å²) in [5, 5.41) is 5.21. The maximum absolute atomic E-state index is 13.3. The fraction of sp³-hybridized carbons (Fsp3) is 0.0556. The van der Waals surface area contributed by atoms with Crippen molar-refractivity contribution in [3.05, 3.63) is 78.7 Å². The van der Waals surface area contributed by atoms with Crippen LogP contribution in [0.5, 0.6) is 0 Å². The molecule has 0 fully saturated rings. The summed E-state index contributed by atoms with van der Waals surface area (Å²) in [5.74, 6) is -1.33. The number of aromatic nitrogens is 2. The molecule has 0 aliphatic heterocycles. The van der Waals surface area contributed by atoms with Crippen molar-refractivity contribution in [1.29, 1.82) is 0 Å². The average Bonchev–Trinajstić information content (AvgIpc) is 2.99. The number of nitrogens with zero attached hydrogens (tertiary/aromatic N) is 2. The number of imidazole rings is 1. The van der Waals surface area contributed by atoms with Gasteiger partial charge in [-0.25, -0.2) is 9.37 Å². The van der Waals surface area contributed by atoms with Gasteiger partial charge in [0, 0.05) is 18.4 Å². The number of halogens is 1. The first-order chi connectivity index (χ1) is 12.1. The smallest absolute Gasteiger partial charge is 0.287 e. The molecule has 0 atom stereocenters. The lowest BCUT2D eigenvalue weighted by molar-refractivity contribution is 0.0947. The molecule has 6 nitrogen and oxygen atoms in total. The first-order valence-electron chi connectivity index (χ1n) is 7.53. The van der Waals surface area contributed by atoms with Gasteiger partial charge in [-0.15, -0.1) is 6.58 Å². The highest BCUT2D eigenvalue weighted by atomic mass is 19.1. The monoisotopic (exact) mass is 338 g/mol. The number of fused-ring (bicyclic) bond motifs is 1. The molecular weight excluding hydrogens is 323 g/mol. The second kappa shape index (κ2) is 6.96. The van der Waals surface area contributed by atoms with Crippen LogP contribution in [0.25, 0.3) is 5.52 Å². The lowest BCUT2D eigenvalue weighted by atomic mass is 10.2. The number of pyridine rings is 1. The summed E-state index contributed by atoms with van der Waals surface area (Å²) in [4.78, 5) is 28.9. The molecule has 126 valence electrons. The first-order valence-corrected chi connectivity index (χ1v) is 7.53. The van der Waals surface area contributed by atoms with Crippen LogP contribution in [0.4, 0.5) is 10.1 Å². The van der Waals surface area contributed by atoms with Crippen LogP contribution >= 0.6 is 0 Å². The fourth-order valence-electron chi connectivity index (χ4n) is 2.37. The van der Waals surface area contributed by atoms with Crippen molar-refractivity contribution in [2.45, 2.75) is 0 Å². The predicted octanol–water partition coefficient (Wildman–Crippen LogP) is 2.64. The van der Waals surface area contributed by atoms with Crippen molar-refractivity contribution < 1.29 is 14.0 Å². The molecule has 0 spiro atoms. The standard InChI is InChI=1S/C18H15FN4O2/c1-2-9-20-18(25)16-22-15(14-8-3-4-10-23(14)16)17(24)21-13-7-5-6-12(19)11-13/h2-8,10-11H,1,9H2,(H,20,25)(H,21,24). The molecule has 0 saturated heterocycles. The summed E-state index contributed by atoms with van der Waals surface area (Å²) in [6.07, 6.45) is 3.19. The predicted molar refractivity (Wildman–Crippen MR) is 92.1 cm³/mol. The van der Waals surface area contributed by atoms with Gasteiger partial charge in [-0.3, -0.25) is 14.0 Å². The average molecular weight is 338 g/mol. The van der Waals surface area contributed by atoms with Crippen molar-refractivity contribution in [1.82, 2.24) is 14.7 Å². The minimum atomic E-state index is -0.530. The van der Waals surface area contributed by atoms with Crippen LogP contribution in [0.3, 0.4) is 0 Å². The normalized spacial score (nSPS) is 10.4. The number of rotatable bonds is 5. The number of benzene rings is 1. The quantitative estimate of drug-likeness (QED) is 0.702. The van der Waals surface area contributed by atoms with Crippen LogP contribution in [-0.2, 0) is 0 Å². The van der Waals surface area contributed by atoms with Gasteiger partial charge < -0.3 is 10.6 Å². The molecule has 3 aromatic rings. The van der Waals surface area contributed by atoms with Crippen LogP contribution < -0.4 is 10.6 Å². The number of hydrogen-bond acceptors (Lipinski definition) is 3. The van der Waals surface area contributed by atoms with E-state index in [1.807, 2.05) is 0 Å². The van der Waals surface area contributed by atoms with Crippen LogP contribution in [0.15, 0.2) is 61.3 Å². The number of hydrogen-bond donors (Lipinski definition) is 2. The van der Waals surface area contributed by atoms with Gasteiger partial charge in [0.05, 0.1) is 5.52 Å². The van der Waals surface area contributed by atoms with E-state index in [4.69, 9.17) is 0 Å². The van der Waals surface area contributed by atoms with E-state index in [-0.39, 0.29) is 18.1 Å².